The van der Waals surface area contributed by atoms with E-state index in [1.165, 1.54) is 5.56 Å². The third-order valence-corrected chi connectivity index (χ3v) is 3.00. The van der Waals surface area contributed by atoms with Gasteiger partial charge in [0.15, 0.2) is 0 Å². The van der Waals surface area contributed by atoms with Gasteiger partial charge in [0.05, 0.1) is 0 Å². The van der Waals surface area contributed by atoms with Crippen LogP contribution in [0.4, 0.5) is 0 Å². The van der Waals surface area contributed by atoms with Crippen molar-refractivity contribution in [2.24, 2.45) is 0 Å². The monoisotopic (exact) mass is 265 g/mol. The lowest BCUT2D eigenvalue weighted by Crippen LogP contribution is -2.32. The number of nitrogens with one attached hydrogen (secondary N) is 1. The molecule has 20 heavy (non-hydrogen) atoms. The highest BCUT2D eigenvalue weighted by Gasteiger charge is 2.05. The fourth-order valence-electron chi connectivity index (χ4n) is 2.05. The lowest BCUT2D eigenvalue weighted by Gasteiger charge is -2.12. The Kier molecular flexibility index (Phi) is 5.13. The van der Waals surface area contributed by atoms with Gasteiger partial charge in [-0.25, -0.2) is 0 Å². The van der Waals surface area contributed by atoms with Crippen molar-refractivity contribution in [1.82, 2.24) is 5.32 Å². The predicted octanol–water partition coefficient (Wildman–Crippen LogP) is 3.45. The average Bonchev–Trinajstić information content (AvgIpc) is 2.47. The summed E-state index contributed by atoms with van der Waals surface area (Å²) in [5, 5.41) is 2.97. The molecular weight excluding hydrogens is 246 g/mol. The van der Waals surface area contributed by atoms with Crippen LogP contribution < -0.4 is 5.32 Å². The van der Waals surface area contributed by atoms with Gasteiger partial charge in [-0.15, -0.1) is 0 Å². The first-order chi connectivity index (χ1) is 9.74. The predicted molar refractivity (Wildman–Crippen MR) is 83.2 cm³/mol. The summed E-state index contributed by atoms with van der Waals surface area (Å²) in [6.45, 7) is 2.02. The van der Waals surface area contributed by atoms with Gasteiger partial charge in [0.25, 0.3) is 0 Å². The van der Waals surface area contributed by atoms with Crippen LogP contribution in [-0.2, 0) is 11.2 Å². The van der Waals surface area contributed by atoms with E-state index in [-0.39, 0.29) is 11.9 Å². The van der Waals surface area contributed by atoms with Gasteiger partial charge in [-0.05, 0) is 30.5 Å². The summed E-state index contributed by atoms with van der Waals surface area (Å²) in [5.41, 5.74) is 2.26. The maximum atomic E-state index is 11.8. The van der Waals surface area contributed by atoms with Gasteiger partial charge in [-0.1, -0.05) is 60.7 Å². The minimum absolute atomic E-state index is 0.0581. The maximum absolute atomic E-state index is 11.8. The molecular formula is C18H19NO. The molecule has 1 atom stereocenters. The van der Waals surface area contributed by atoms with Crippen LogP contribution in [0.15, 0.2) is 66.7 Å². The standard InChI is InChI=1S/C18H19NO/c1-15(14-17-10-6-3-7-11-17)19-18(20)13-12-16-8-4-2-5-9-16/h2-13,15H,14H2,1H3,(H,19,20). The molecule has 0 aromatic heterocycles. The van der Waals surface area contributed by atoms with Crippen molar-refractivity contribution in [3.05, 3.63) is 77.9 Å². The number of carbonyl (C=O) groups is 1. The fourth-order valence-corrected chi connectivity index (χ4v) is 2.05. The Balaban J connectivity index is 1.84. The summed E-state index contributed by atoms with van der Waals surface area (Å²) in [7, 11) is 0. The summed E-state index contributed by atoms with van der Waals surface area (Å²) in [6.07, 6.45) is 4.24. The molecule has 0 spiro atoms. The van der Waals surface area contributed by atoms with E-state index < -0.39 is 0 Å². The van der Waals surface area contributed by atoms with E-state index in [0.29, 0.717) is 0 Å². The van der Waals surface area contributed by atoms with Crippen LogP contribution in [0.25, 0.3) is 6.08 Å². The lowest BCUT2D eigenvalue weighted by molar-refractivity contribution is -0.117. The fraction of sp³-hybridized carbons (Fsp3) is 0.167. The van der Waals surface area contributed by atoms with Crippen LogP contribution >= 0.6 is 0 Å². The van der Waals surface area contributed by atoms with Crippen molar-refractivity contribution in [3.8, 4) is 0 Å². The third kappa shape index (κ3) is 4.73. The van der Waals surface area contributed by atoms with Crippen LogP contribution in [0, 0.1) is 0 Å². The first-order valence-corrected chi connectivity index (χ1v) is 6.81. The summed E-state index contributed by atoms with van der Waals surface area (Å²) in [4.78, 5) is 11.8. The SMILES string of the molecule is CC(Cc1ccccc1)NC(=O)C=Cc1ccccc1. The largest absolute Gasteiger partial charge is 0.350 e. The van der Waals surface area contributed by atoms with Gasteiger partial charge in [0, 0.05) is 12.1 Å². The second-order valence-corrected chi connectivity index (χ2v) is 4.84. The maximum Gasteiger partial charge on any atom is 0.244 e. The van der Waals surface area contributed by atoms with Crippen molar-refractivity contribution in [1.29, 1.82) is 0 Å². The number of hydrogen-bond acceptors (Lipinski definition) is 1. The molecule has 2 heteroatoms. The van der Waals surface area contributed by atoms with Crippen LogP contribution in [0.3, 0.4) is 0 Å². The molecule has 1 unspecified atom stereocenters. The Morgan fingerprint density at radius 3 is 2.30 bits per heavy atom. The number of carbonyl (C=O) groups excluding carboxylic acids is 1. The molecule has 0 fully saturated rings. The summed E-state index contributed by atoms with van der Waals surface area (Å²) < 4.78 is 0. The number of benzene rings is 2. The molecule has 2 nitrogen and oxygen atoms in total. The molecule has 1 N–H and O–H groups in total. The third-order valence-electron chi connectivity index (χ3n) is 3.00. The van der Waals surface area contributed by atoms with Crippen LogP contribution in [0.5, 0.6) is 0 Å². The van der Waals surface area contributed by atoms with E-state index in [1.807, 2.05) is 61.5 Å². The van der Waals surface area contributed by atoms with Gasteiger partial charge in [0.1, 0.15) is 0 Å². The van der Waals surface area contributed by atoms with Gasteiger partial charge in [-0.3, -0.25) is 4.79 Å². The molecule has 0 bridgehead atoms. The normalized spacial score (nSPS) is 12.2. The number of hydrogen-bond donors (Lipinski definition) is 1. The molecule has 102 valence electrons. The van der Waals surface area contributed by atoms with Gasteiger partial charge < -0.3 is 5.32 Å². The van der Waals surface area contributed by atoms with Gasteiger partial charge in [0.2, 0.25) is 5.91 Å². The molecule has 2 aromatic carbocycles. The molecule has 0 radical (unpaired) electrons. The first kappa shape index (κ1) is 14.1. The molecule has 0 aliphatic carbocycles. The lowest BCUT2D eigenvalue weighted by atomic mass is 10.1. The smallest absolute Gasteiger partial charge is 0.244 e. The topological polar surface area (TPSA) is 29.1 Å². The van der Waals surface area contributed by atoms with E-state index in [2.05, 4.69) is 17.4 Å². The first-order valence-electron chi connectivity index (χ1n) is 6.81. The minimum atomic E-state index is -0.0581. The molecule has 1 amide bonds. The second-order valence-electron chi connectivity index (χ2n) is 4.84. The quantitative estimate of drug-likeness (QED) is 0.824. The zero-order valence-electron chi connectivity index (χ0n) is 11.6. The Labute approximate surface area is 120 Å². The Hall–Kier alpha value is -2.35. The summed E-state index contributed by atoms with van der Waals surface area (Å²) >= 11 is 0. The van der Waals surface area contributed by atoms with Crippen LogP contribution in [0.1, 0.15) is 18.1 Å². The highest BCUT2D eigenvalue weighted by molar-refractivity contribution is 5.91. The van der Waals surface area contributed by atoms with Crippen molar-refractivity contribution < 1.29 is 4.79 Å². The van der Waals surface area contributed by atoms with Crippen molar-refractivity contribution in [2.75, 3.05) is 0 Å². The Morgan fingerprint density at radius 1 is 1.05 bits per heavy atom. The minimum Gasteiger partial charge on any atom is -0.350 e. The Morgan fingerprint density at radius 2 is 1.65 bits per heavy atom. The van der Waals surface area contributed by atoms with Gasteiger partial charge >= 0.3 is 0 Å². The van der Waals surface area contributed by atoms with E-state index in [4.69, 9.17) is 0 Å². The van der Waals surface area contributed by atoms with Crippen molar-refractivity contribution in [3.63, 3.8) is 0 Å². The summed E-state index contributed by atoms with van der Waals surface area (Å²) in [6, 6.07) is 20.1. The molecule has 2 rings (SSSR count). The molecule has 0 saturated carbocycles. The Bertz CT molecular complexity index is 560. The number of rotatable bonds is 5. The number of amides is 1. The highest BCUT2D eigenvalue weighted by atomic mass is 16.1. The zero-order valence-corrected chi connectivity index (χ0v) is 11.6. The van der Waals surface area contributed by atoms with Crippen LogP contribution in [-0.4, -0.2) is 11.9 Å². The zero-order chi connectivity index (χ0) is 14.2. The van der Waals surface area contributed by atoms with Crippen molar-refractivity contribution in [2.45, 2.75) is 19.4 Å². The van der Waals surface area contributed by atoms with Crippen molar-refractivity contribution >= 4 is 12.0 Å². The van der Waals surface area contributed by atoms with Crippen LogP contribution in [0.2, 0.25) is 0 Å². The van der Waals surface area contributed by atoms with E-state index in [1.54, 1.807) is 6.08 Å². The second kappa shape index (κ2) is 7.29. The molecule has 0 heterocycles. The molecule has 0 saturated heterocycles. The molecule has 0 aliphatic heterocycles. The van der Waals surface area contributed by atoms with E-state index in [0.717, 1.165) is 12.0 Å². The van der Waals surface area contributed by atoms with Gasteiger partial charge in [-0.2, -0.15) is 0 Å². The molecule has 2 aromatic rings. The van der Waals surface area contributed by atoms with E-state index >= 15 is 0 Å². The average molecular weight is 265 g/mol. The molecule has 0 aliphatic rings. The summed E-state index contributed by atoms with van der Waals surface area (Å²) in [5.74, 6) is -0.0581. The highest BCUT2D eigenvalue weighted by Crippen LogP contribution is 2.03. The van der Waals surface area contributed by atoms with E-state index in [9.17, 15) is 4.79 Å².